The van der Waals surface area contributed by atoms with Crippen LogP contribution in [0.4, 0.5) is 0 Å². The first kappa shape index (κ1) is 13.5. The van der Waals surface area contributed by atoms with Gasteiger partial charge in [0.1, 0.15) is 6.10 Å². The number of hydrogen-bond acceptors (Lipinski definition) is 4. The molecule has 1 saturated heterocycles. The summed E-state index contributed by atoms with van der Waals surface area (Å²) in [5.41, 5.74) is 1.02. The van der Waals surface area contributed by atoms with E-state index in [1.807, 2.05) is 13.1 Å². The molecule has 1 fully saturated rings. The van der Waals surface area contributed by atoms with Crippen LogP contribution in [0.1, 0.15) is 18.5 Å². The maximum Gasteiger partial charge on any atom is 0.332 e. The first-order valence-corrected chi connectivity index (χ1v) is 6.21. The number of carboxylic acids is 1. The summed E-state index contributed by atoms with van der Waals surface area (Å²) in [5, 5.41) is 15.6. The molecule has 104 valence electrons. The van der Waals surface area contributed by atoms with Crippen LogP contribution in [0, 0.1) is 0 Å². The third kappa shape index (κ3) is 3.31. The molecular weight excluding hydrogens is 250 g/mol. The molecule has 2 heterocycles. The zero-order valence-electron chi connectivity index (χ0n) is 10.7. The zero-order chi connectivity index (χ0) is 13.8. The average Bonchev–Trinajstić information content (AvgIpc) is 2.98. The summed E-state index contributed by atoms with van der Waals surface area (Å²) >= 11 is 0. The standard InChI is InChI=1S/C12H17N3O4/c1-15-8(5-7-14-15)4-6-13-11(16)9-2-3-10(19-9)12(17)18/h5,7,9-10H,2-4,6H2,1H3,(H,13,16)(H,17,18)/t9-,10+/m0/s1. The van der Waals surface area contributed by atoms with Crippen LogP contribution in [0.2, 0.25) is 0 Å². The summed E-state index contributed by atoms with van der Waals surface area (Å²) in [5.74, 6) is -1.25. The van der Waals surface area contributed by atoms with Crippen molar-refractivity contribution in [3.8, 4) is 0 Å². The second-order valence-electron chi connectivity index (χ2n) is 4.52. The summed E-state index contributed by atoms with van der Waals surface area (Å²) in [4.78, 5) is 22.5. The van der Waals surface area contributed by atoms with Gasteiger partial charge >= 0.3 is 5.97 Å². The van der Waals surface area contributed by atoms with E-state index in [4.69, 9.17) is 9.84 Å². The van der Waals surface area contributed by atoms with Crippen LogP contribution >= 0.6 is 0 Å². The van der Waals surface area contributed by atoms with Crippen molar-refractivity contribution >= 4 is 11.9 Å². The minimum atomic E-state index is -1.01. The van der Waals surface area contributed by atoms with Crippen molar-refractivity contribution in [2.24, 2.45) is 7.05 Å². The molecule has 1 amide bonds. The maximum atomic E-state index is 11.8. The Bertz CT molecular complexity index is 471. The fourth-order valence-electron chi connectivity index (χ4n) is 2.09. The van der Waals surface area contributed by atoms with E-state index in [0.717, 1.165) is 5.69 Å². The Labute approximate surface area is 110 Å². The number of aromatic nitrogens is 2. The third-order valence-electron chi connectivity index (χ3n) is 3.19. The Kier molecular flexibility index (Phi) is 4.16. The van der Waals surface area contributed by atoms with Crippen molar-refractivity contribution < 1.29 is 19.4 Å². The van der Waals surface area contributed by atoms with Gasteiger partial charge in [0, 0.05) is 31.9 Å². The minimum absolute atomic E-state index is 0.245. The molecule has 2 atom stereocenters. The number of nitrogens with zero attached hydrogens (tertiary/aromatic N) is 2. The van der Waals surface area contributed by atoms with Crippen LogP contribution < -0.4 is 5.32 Å². The second kappa shape index (κ2) is 5.83. The number of nitrogens with one attached hydrogen (secondary N) is 1. The highest BCUT2D eigenvalue weighted by atomic mass is 16.5. The Morgan fingerprint density at radius 2 is 2.26 bits per heavy atom. The summed E-state index contributed by atoms with van der Waals surface area (Å²) in [6.07, 6.45) is 1.72. The van der Waals surface area contributed by atoms with Gasteiger partial charge in [-0.15, -0.1) is 0 Å². The Morgan fingerprint density at radius 3 is 2.84 bits per heavy atom. The fraction of sp³-hybridized carbons (Fsp3) is 0.583. The van der Waals surface area contributed by atoms with E-state index >= 15 is 0 Å². The largest absolute Gasteiger partial charge is 0.479 e. The first-order valence-electron chi connectivity index (χ1n) is 6.21. The van der Waals surface area contributed by atoms with Crippen LogP contribution in [0.15, 0.2) is 12.3 Å². The van der Waals surface area contributed by atoms with Gasteiger partial charge in [-0.25, -0.2) is 4.79 Å². The maximum absolute atomic E-state index is 11.8. The lowest BCUT2D eigenvalue weighted by atomic mass is 10.2. The number of aryl methyl sites for hydroxylation is 1. The molecule has 7 heteroatoms. The molecule has 0 bridgehead atoms. The molecule has 19 heavy (non-hydrogen) atoms. The van der Waals surface area contributed by atoms with Gasteiger partial charge in [-0.3, -0.25) is 9.48 Å². The van der Waals surface area contributed by atoms with E-state index in [2.05, 4.69) is 10.4 Å². The molecule has 0 radical (unpaired) electrons. The molecule has 1 aromatic heterocycles. The summed E-state index contributed by atoms with van der Waals surface area (Å²) in [6, 6.07) is 1.89. The molecular formula is C12H17N3O4. The minimum Gasteiger partial charge on any atom is -0.479 e. The lowest BCUT2D eigenvalue weighted by Crippen LogP contribution is -2.36. The Morgan fingerprint density at radius 1 is 1.53 bits per heavy atom. The van der Waals surface area contributed by atoms with Gasteiger partial charge in [0.15, 0.2) is 6.10 Å². The summed E-state index contributed by atoms with van der Waals surface area (Å²) < 4.78 is 6.92. The first-order chi connectivity index (χ1) is 9.08. The molecule has 0 saturated carbocycles. The molecule has 1 aromatic rings. The van der Waals surface area contributed by atoms with Crippen molar-refractivity contribution in [2.75, 3.05) is 6.54 Å². The molecule has 0 aliphatic carbocycles. The zero-order valence-corrected chi connectivity index (χ0v) is 10.7. The quantitative estimate of drug-likeness (QED) is 0.764. The molecule has 0 aromatic carbocycles. The van der Waals surface area contributed by atoms with Gasteiger partial charge in [0.25, 0.3) is 0 Å². The smallest absolute Gasteiger partial charge is 0.332 e. The molecule has 2 N–H and O–H groups in total. The van der Waals surface area contributed by atoms with Crippen molar-refractivity contribution in [3.05, 3.63) is 18.0 Å². The van der Waals surface area contributed by atoms with E-state index < -0.39 is 18.2 Å². The number of hydrogen-bond donors (Lipinski definition) is 2. The van der Waals surface area contributed by atoms with Crippen molar-refractivity contribution in [3.63, 3.8) is 0 Å². The molecule has 0 unspecified atom stereocenters. The van der Waals surface area contributed by atoms with E-state index in [0.29, 0.717) is 25.8 Å². The van der Waals surface area contributed by atoms with Gasteiger partial charge in [-0.05, 0) is 18.9 Å². The molecule has 2 rings (SSSR count). The Balaban J connectivity index is 1.73. The van der Waals surface area contributed by atoms with Crippen molar-refractivity contribution in [2.45, 2.75) is 31.5 Å². The van der Waals surface area contributed by atoms with E-state index in [9.17, 15) is 9.59 Å². The van der Waals surface area contributed by atoms with Crippen LogP contribution in [0.25, 0.3) is 0 Å². The topological polar surface area (TPSA) is 93.5 Å². The SMILES string of the molecule is Cn1nccc1CCNC(=O)[C@@H]1CC[C@H](C(=O)O)O1. The average molecular weight is 267 g/mol. The van der Waals surface area contributed by atoms with Crippen molar-refractivity contribution in [1.29, 1.82) is 0 Å². The normalized spacial score (nSPS) is 22.4. The number of carboxylic acid groups (broad SMARTS) is 1. The molecule has 1 aliphatic rings. The highest BCUT2D eigenvalue weighted by molar-refractivity contribution is 5.82. The van der Waals surface area contributed by atoms with Gasteiger partial charge in [-0.2, -0.15) is 5.10 Å². The van der Waals surface area contributed by atoms with Gasteiger partial charge < -0.3 is 15.2 Å². The van der Waals surface area contributed by atoms with Gasteiger partial charge in [-0.1, -0.05) is 0 Å². The third-order valence-corrected chi connectivity index (χ3v) is 3.19. The van der Waals surface area contributed by atoms with Gasteiger partial charge in [0.2, 0.25) is 5.91 Å². The monoisotopic (exact) mass is 267 g/mol. The molecule has 0 spiro atoms. The highest BCUT2D eigenvalue weighted by Gasteiger charge is 2.34. The predicted octanol–water partition coefficient (Wildman–Crippen LogP) is -0.289. The molecule has 1 aliphatic heterocycles. The number of aliphatic carboxylic acids is 1. The van der Waals surface area contributed by atoms with Crippen LogP contribution in [-0.2, 0) is 27.8 Å². The van der Waals surface area contributed by atoms with Crippen LogP contribution in [0.3, 0.4) is 0 Å². The second-order valence-corrected chi connectivity index (χ2v) is 4.52. The number of ether oxygens (including phenoxy) is 1. The highest BCUT2D eigenvalue weighted by Crippen LogP contribution is 2.19. The lowest BCUT2D eigenvalue weighted by molar-refractivity contribution is -0.151. The lowest BCUT2D eigenvalue weighted by Gasteiger charge is -2.11. The number of amides is 1. The van der Waals surface area contributed by atoms with E-state index in [-0.39, 0.29) is 5.91 Å². The van der Waals surface area contributed by atoms with Gasteiger partial charge in [0.05, 0.1) is 0 Å². The number of carbonyl (C=O) groups is 2. The van der Waals surface area contributed by atoms with Crippen molar-refractivity contribution in [1.82, 2.24) is 15.1 Å². The Hall–Kier alpha value is -1.89. The summed E-state index contributed by atoms with van der Waals surface area (Å²) in [7, 11) is 1.84. The van der Waals surface area contributed by atoms with Crippen LogP contribution in [-0.4, -0.2) is 45.5 Å². The fourth-order valence-corrected chi connectivity index (χ4v) is 2.09. The van der Waals surface area contributed by atoms with E-state index in [1.165, 1.54) is 0 Å². The number of rotatable bonds is 5. The predicted molar refractivity (Wildman–Crippen MR) is 65.5 cm³/mol. The summed E-state index contributed by atoms with van der Waals surface area (Å²) in [6.45, 7) is 0.482. The molecule has 7 nitrogen and oxygen atoms in total. The van der Waals surface area contributed by atoms with Crippen LogP contribution in [0.5, 0.6) is 0 Å². The van der Waals surface area contributed by atoms with E-state index in [1.54, 1.807) is 10.9 Å². The number of carbonyl (C=O) groups excluding carboxylic acids is 1.